The number of pyridine rings is 2. The molecule has 7 N–H and O–H groups in total. The van der Waals surface area contributed by atoms with Gasteiger partial charge in [0.2, 0.25) is 10.9 Å². The monoisotopic (exact) mass is 1110 g/mol. The smallest absolute Gasteiger partial charge is 0.414 e. The molecule has 0 radical (unpaired) electrons. The van der Waals surface area contributed by atoms with Gasteiger partial charge in [0.05, 0.1) is 46.6 Å². The molecule has 2 saturated carbocycles. The number of ether oxygens (including phenoxy) is 6. The highest BCUT2D eigenvalue weighted by atomic mass is 19.2. The average Bonchev–Trinajstić information content (AvgIpc) is 4.04. The van der Waals surface area contributed by atoms with E-state index in [2.05, 4.69) is 10.6 Å². The third-order valence-electron chi connectivity index (χ3n) is 12.5. The Balaban J connectivity index is 0.000000233. The van der Waals surface area contributed by atoms with Crippen molar-refractivity contribution in [1.29, 1.82) is 0 Å². The molecule has 3 amide bonds. The van der Waals surface area contributed by atoms with E-state index in [9.17, 15) is 55.1 Å². The number of carboxylic acids is 2. The van der Waals surface area contributed by atoms with Gasteiger partial charge in [0.1, 0.15) is 46.0 Å². The third kappa shape index (κ3) is 14.4. The number of aliphatic hydroxyl groups is 1. The predicted molar refractivity (Wildman–Crippen MR) is 254 cm³/mol. The molecular formula is C49H54F6N6O17. The number of nitrogens with zero attached hydrogens (tertiary/aromatic N) is 3. The van der Waals surface area contributed by atoms with E-state index in [4.69, 9.17) is 59.1 Å². The van der Waals surface area contributed by atoms with Crippen LogP contribution in [0.15, 0.2) is 46.2 Å². The zero-order valence-electron chi connectivity index (χ0n) is 42.2. The van der Waals surface area contributed by atoms with Gasteiger partial charge in [-0.2, -0.15) is 0 Å². The Morgan fingerprint density at radius 1 is 0.718 bits per heavy atom. The molecule has 2 aliphatic heterocycles. The number of hydrogen-bond acceptors (Lipinski definition) is 16. The highest BCUT2D eigenvalue weighted by molar-refractivity contribution is 6.27. The lowest BCUT2D eigenvalue weighted by atomic mass is 10.1. The molecule has 2 aromatic carbocycles. The van der Waals surface area contributed by atoms with Gasteiger partial charge < -0.3 is 74.1 Å². The molecule has 4 aliphatic rings. The average molecular weight is 1110 g/mol. The first-order valence-corrected chi connectivity index (χ1v) is 23.4. The Morgan fingerprint density at radius 3 is 1.64 bits per heavy atom. The van der Waals surface area contributed by atoms with Crippen molar-refractivity contribution in [3.63, 3.8) is 0 Å². The van der Waals surface area contributed by atoms with Crippen LogP contribution in [0.5, 0.6) is 11.5 Å². The Morgan fingerprint density at radius 2 is 1.22 bits per heavy atom. The number of carboxylic acid groups (broad SMARTS) is 2. The summed E-state index contributed by atoms with van der Waals surface area (Å²) >= 11 is 0. The SMILES string of the molecule is COC(=O)c1c(OC)c(=O)c(C(=O)NCc2c(F)cc(F)cc2F)cn1CC(OC)OC.COc1c2n(cc(C(=O)NCc3c(F)cc(F)cc3F)c1=O)C[C@H]1OC3CCC(C3)N1C2=O.N[C@H]1CC[C@@H](O)C1.O=C(O)C(=O)O. The summed E-state index contributed by atoms with van der Waals surface area (Å²) in [5, 5.41) is 28.1. The largest absolute Gasteiger partial charge is 0.491 e. The van der Waals surface area contributed by atoms with Crippen LogP contribution in [0.25, 0.3) is 0 Å². The molecule has 2 unspecified atom stereocenters. The standard InChI is InChI=1S/C22H20F3N3O5.C20H21F3N2O7.C5H11NO.C2H2O4/c1-32-20-18-22(31)28-11-2-3-12(6-11)33-17(28)9-27(18)8-14(19(20)29)21(30)26-7-13-15(24)4-10(23)5-16(13)25;1-29-15(30-2)9-25-8-12(17(26)18(31-3)16(25)20(28)32-4)19(27)24-7-11-13(22)5-10(21)6-14(11)23;6-4-1-2-5(7)3-4;3-1(4)2(5)6/h4-5,8,11-12,17H,2-3,6-7,9H2,1H3,(H,26,30);5-6,8,15H,7,9H2,1-4H3,(H,24,27);4-5,7H,1-3,6H2;(H,3,4)(H,5,6)/t11?,12?,17-;;4-,5+;/m1.0./s1. The van der Waals surface area contributed by atoms with Crippen molar-refractivity contribution >= 4 is 35.6 Å². The van der Waals surface area contributed by atoms with E-state index >= 15 is 0 Å². The number of carbonyl (C=O) groups excluding carboxylic acids is 4. The Hall–Kier alpha value is -7.86. The van der Waals surface area contributed by atoms with Crippen LogP contribution < -0.4 is 36.7 Å². The maximum Gasteiger partial charge on any atom is 0.414 e. The van der Waals surface area contributed by atoms with Crippen LogP contribution in [-0.2, 0) is 54.7 Å². The number of nitrogens with one attached hydrogen (secondary N) is 2. The summed E-state index contributed by atoms with van der Waals surface area (Å²) in [5.41, 5.74) is 1.40. The molecule has 23 nitrogen and oxygen atoms in total. The van der Waals surface area contributed by atoms with Gasteiger partial charge >= 0.3 is 17.9 Å². The predicted octanol–water partition coefficient (Wildman–Crippen LogP) is 2.56. The third-order valence-corrected chi connectivity index (χ3v) is 12.5. The molecule has 424 valence electrons. The Labute approximate surface area is 438 Å². The first-order valence-electron chi connectivity index (χ1n) is 23.4. The molecule has 2 aromatic heterocycles. The molecular weight excluding hydrogens is 1060 g/mol. The van der Waals surface area contributed by atoms with Crippen LogP contribution in [0.3, 0.4) is 0 Å². The molecule has 29 heteroatoms. The van der Waals surface area contributed by atoms with E-state index in [1.54, 1.807) is 4.90 Å². The number of esters is 1. The number of hydrogen-bond donors (Lipinski definition) is 6. The lowest BCUT2D eigenvalue weighted by Crippen LogP contribution is -2.57. The summed E-state index contributed by atoms with van der Waals surface area (Å²) in [5.74, 6) is -14.6. The number of fused-ring (bicyclic) bond motifs is 5. The summed E-state index contributed by atoms with van der Waals surface area (Å²) in [7, 11) is 6.10. The molecule has 2 bridgehead atoms. The van der Waals surface area contributed by atoms with Gasteiger partial charge in [-0.15, -0.1) is 0 Å². The molecule has 2 aliphatic carbocycles. The van der Waals surface area contributed by atoms with Crippen LogP contribution in [0.4, 0.5) is 26.3 Å². The summed E-state index contributed by atoms with van der Waals surface area (Å²) < 4.78 is 115. The highest BCUT2D eigenvalue weighted by Crippen LogP contribution is 2.39. The van der Waals surface area contributed by atoms with Crippen molar-refractivity contribution in [2.75, 3.05) is 35.5 Å². The van der Waals surface area contributed by atoms with Gasteiger partial charge in [-0.1, -0.05) is 0 Å². The fourth-order valence-corrected chi connectivity index (χ4v) is 8.74. The number of aromatic nitrogens is 2. The van der Waals surface area contributed by atoms with Crippen molar-refractivity contribution < 1.29 is 98.9 Å². The lowest BCUT2D eigenvalue weighted by molar-refractivity contribution is -0.159. The second kappa shape index (κ2) is 27.0. The minimum absolute atomic E-state index is 0.0262. The molecule has 4 aromatic rings. The quantitative estimate of drug-likeness (QED) is 0.0485. The van der Waals surface area contributed by atoms with E-state index in [1.165, 1.54) is 32.1 Å². The topological polar surface area (TPSA) is 316 Å². The number of methoxy groups -OCH3 is 5. The summed E-state index contributed by atoms with van der Waals surface area (Å²) in [6.07, 6.45) is 5.94. The number of nitrogens with two attached hydrogens (primary N) is 1. The van der Waals surface area contributed by atoms with Gasteiger partial charge in [0.25, 0.3) is 17.7 Å². The first-order chi connectivity index (χ1) is 36.9. The van der Waals surface area contributed by atoms with Gasteiger partial charge in [-0.3, -0.25) is 24.0 Å². The maximum absolute atomic E-state index is 13.9. The first kappa shape index (κ1) is 61.0. The summed E-state index contributed by atoms with van der Waals surface area (Å²) in [6.45, 7) is -1.22. The van der Waals surface area contributed by atoms with Crippen molar-refractivity contribution in [3.05, 3.63) is 126 Å². The molecule has 5 atom stereocenters. The highest BCUT2D eigenvalue weighted by Gasteiger charge is 2.48. The van der Waals surface area contributed by atoms with Gasteiger partial charge in [0, 0.05) is 87.2 Å². The number of aliphatic hydroxyl groups excluding tert-OH is 1. The van der Waals surface area contributed by atoms with Crippen LogP contribution in [-0.4, -0.2) is 137 Å². The molecule has 1 saturated heterocycles. The number of amides is 3. The summed E-state index contributed by atoms with van der Waals surface area (Å²) in [6, 6.07) is 2.21. The Bertz CT molecular complexity index is 2980. The summed E-state index contributed by atoms with van der Waals surface area (Å²) in [4.78, 5) is 96.5. The van der Waals surface area contributed by atoms with Crippen molar-refractivity contribution in [3.8, 4) is 11.5 Å². The molecule has 4 heterocycles. The maximum atomic E-state index is 13.9. The van der Waals surface area contributed by atoms with Crippen LogP contribution in [0.1, 0.15) is 91.3 Å². The molecule has 3 fully saturated rings. The minimum Gasteiger partial charge on any atom is -0.491 e. The number of carbonyl (C=O) groups is 6. The zero-order valence-corrected chi connectivity index (χ0v) is 42.2. The van der Waals surface area contributed by atoms with E-state index in [-0.39, 0.29) is 60.1 Å². The number of aliphatic carboxylic acids is 2. The second-order valence-corrected chi connectivity index (χ2v) is 17.5. The normalized spacial score (nSPS) is 18.6. The van der Waals surface area contributed by atoms with Gasteiger partial charge in [-0.05, 0) is 38.5 Å². The van der Waals surface area contributed by atoms with Gasteiger partial charge in [-0.25, -0.2) is 40.7 Å². The zero-order chi connectivity index (χ0) is 57.9. The van der Waals surface area contributed by atoms with Crippen molar-refractivity contribution in [1.82, 2.24) is 24.7 Å². The molecule has 8 rings (SSSR count). The fraction of sp³-hybridized carbons (Fsp3) is 0.429. The number of rotatable bonds is 13. The molecule has 78 heavy (non-hydrogen) atoms. The Kier molecular flexibility index (Phi) is 21.1. The minimum atomic E-state index is -1.82. The van der Waals surface area contributed by atoms with E-state index in [0.717, 1.165) is 63.5 Å². The van der Waals surface area contributed by atoms with E-state index < -0.39 is 129 Å². The van der Waals surface area contributed by atoms with Crippen LogP contribution in [0, 0.1) is 34.9 Å². The lowest BCUT2D eigenvalue weighted by Gasteiger charge is -2.44. The van der Waals surface area contributed by atoms with Crippen LogP contribution >= 0.6 is 0 Å². The van der Waals surface area contributed by atoms with Crippen molar-refractivity contribution in [2.45, 2.75) is 102 Å². The second-order valence-electron chi connectivity index (χ2n) is 17.5. The van der Waals surface area contributed by atoms with E-state index in [0.29, 0.717) is 24.3 Å². The van der Waals surface area contributed by atoms with E-state index in [1.807, 2.05) is 0 Å². The number of benzene rings is 2. The van der Waals surface area contributed by atoms with Gasteiger partial charge in [0.15, 0.2) is 35.4 Å². The van der Waals surface area contributed by atoms with Crippen LogP contribution in [0.2, 0.25) is 0 Å². The van der Waals surface area contributed by atoms with Crippen molar-refractivity contribution in [2.24, 2.45) is 5.73 Å². The fourth-order valence-electron chi connectivity index (χ4n) is 8.74. The molecule has 0 spiro atoms. The number of halogens is 6.